The molecule has 168 valence electrons. The Kier molecular flexibility index (Phi) is 6.17. The summed E-state index contributed by atoms with van der Waals surface area (Å²) in [5, 5.41) is 11.9. The number of nitriles is 1. The summed E-state index contributed by atoms with van der Waals surface area (Å²) in [6.07, 6.45) is -1.05. The van der Waals surface area contributed by atoms with E-state index in [0.29, 0.717) is 11.3 Å². The van der Waals surface area contributed by atoms with Gasteiger partial charge in [-0.1, -0.05) is 12.1 Å². The first-order chi connectivity index (χ1) is 15.0. The number of urea groups is 1. The fourth-order valence-corrected chi connectivity index (χ4v) is 3.45. The minimum Gasteiger partial charge on any atom is -0.364 e. The number of hydrogen-bond acceptors (Lipinski definition) is 5. The molecule has 1 aromatic heterocycles. The summed E-state index contributed by atoms with van der Waals surface area (Å²) in [6.45, 7) is 6.49. The van der Waals surface area contributed by atoms with Gasteiger partial charge in [0.05, 0.1) is 23.7 Å². The zero-order valence-corrected chi connectivity index (χ0v) is 18.4. The van der Waals surface area contributed by atoms with Crippen LogP contribution < -0.4 is 10.2 Å². The number of rotatable bonds is 7. The highest BCUT2D eigenvalue weighted by Crippen LogP contribution is 2.34. The molecule has 1 aliphatic rings. The van der Waals surface area contributed by atoms with Crippen LogP contribution in [0.25, 0.3) is 0 Å². The lowest BCUT2D eigenvalue weighted by atomic mass is 9.86. The van der Waals surface area contributed by atoms with E-state index in [1.807, 2.05) is 0 Å². The lowest BCUT2D eigenvalue weighted by Crippen LogP contribution is -2.43. The van der Waals surface area contributed by atoms with Crippen molar-refractivity contribution < 1.29 is 18.4 Å². The van der Waals surface area contributed by atoms with E-state index in [2.05, 4.69) is 16.4 Å². The lowest BCUT2D eigenvalue weighted by Gasteiger charge is -2.27. The number of nitrogens with zero attached hydrogens (tertiary/aromatic N) is 4. The van der Waals surface area contributed by atoms with E-state index < -0.39 is 30.0 Å². The number of anilines is 2. The molecule has 2 aromatic rings. The lowest BCUT2D eigenvalue weighted by molar-refractivity contribution is -0.123. The SMILES string of the molecule is CC(C)(C#N)c1ccc(N2C(=O)N(Cc3ccnc(NCC(F)F)c3)C(C)(C)C2=O)cc1. The maximum atomic E-state index is 13.2. The van der Waals surface area contributed by atoms with Crippen molar-refractivity contribution in [2.75, 3.05) is 16.8 Å². The molecule has 1 N–H and O–H groups in total. The van der Waals surface area contributed by atoms with Crippen molar-refractivity contribution in [1.29, 1.82) is 5.26 Å². The number of hydrogen-bond donors (Lipinski definition) is 1. The van der Waals surface area contributed by atoms with Gasteiger partial charge in [-0.15, -0.1) is 0 Å². The van der Waals surface area contributed by atoms with Gasteiger partial charge in [0.15, 0.2) is 0 Å². The standard InChI is InChI=1S/C23H25F2N5O2/c1-22(2,14-26)16-5-7-17(8-6-16)30-20(31)23(3,4)29(21(30)32)13-15-9-10-27-19(11-15)28-12-18(24)25/h5-11,18H,12-13H2,1-4H3,(H,27,28). The van der Waals surface area contributed by atoms with Crippen LogP contribution in [0.15, 0.2) is 42.6 Å². The largest absolute Gasteiger partial charge is 0.364 e. The Morgan fingerprint density at radius 1 is 1.19 bits per heavy atom. The van der Waals surface area contributed by atoms with E-state index in [9.17, 15) is 23.6 Å². The molecule has 2 heterocycles. The molecular formula is C23H25F2N5O2. The van der Waals surface area contributed by atoms with E-state index in [1.54, 1.807) is 64.1 Å². The van der Waals surface area contributed by atoms with Crippen LogP contribution in [0.5, 0.6) is 0 Å². The molecule has 3 rings (SSSR count). The van der Waals surface area contributed by atoms with Crippen LogP contribution in [0, 0.1) is 11.3 Å². The first kappa shape index (κ1) is 23.1. The van der Waals surface area contributed by atoms with Crippen molar-refractivity contribution >= 4 is 23.4 Å². The predicted octanol–water partition coefficient (Wildman–Crippen LogP) is 4.31. The molecule has 0 atom stereocenters. The summed E-state index contributed by atoms with van der Waals surface area (Å²) in [5.41, 5.74) is 0.0440. The molecule has 0 aliphatic carbocycles. The number of carbonyl (C=O) groups excluding carboxylic acids is 2. The average Bonchev–Trinajstić information content (AvgIpc) is 2.92. The number of imide groups is 1. The summed E-state index contributed by atoms with van der Waals surface area (Å²) in [6, 6.07) is 11.8. The highest BCUT2D eigenvalue weighted by Gasteiger charge is 2.51. The molecule has 0 spiro atoms. The fourth-order valence-electron chi connectivity index (χ4n) is 3.45. The number of pyridine rings is 1. The van der Waals surface area contributed by atoms with Gasteiger partial charge in [-0.3, -0.25) is 4.79 Å². The minimum atomic E-state index is -2.52. The molecule has 1 aromatic carbocycles. The minimum absolute atomic E-state index is 0.111. The molecule has 0 radical (unpaired) electrons. The number of aromatic nitrogens is 1. The number of nitrogens with one attached hydrogen (secondary N) is 1. The third kappa shape index (κ3) is 4.40. The maximum absolute atomic E-state index is 13.2. The van der Waals surface area contributed by atoms with Crippen molar-refractivity contribution in [3.05, 3.63) is 53.7 Å². The molecular weight excluding hydrogens is 416 g/mol. The molecule has 1 saturated heterocycles. The predicted molar refractivity (Wildman–Crippen MR) is 116 cm³/mol. The first-order valence-electron chi connectivity index (χ1n) is 10.1. The smallest absolute Gasteiger partial charge is 0.332 e. The number of carbonyl (C=O) groups is 2. The van der Waals surface area contributed by atoms with Gasteiger partial charge in [-0.05, 0) is 63.1 Å². The van der Waals surface area contributed by atoms with Crippen LogP contribution in [0.2, 0.25) is 0 Å². The third-order valence-electron chi connectivity index (χ3n) is 5.55. The molecule has 1 fully saturated rings. The second kappa shape index (κ2) is 8.54. The Bertz CT molecular complexity index is 1060. The Morgan fingerprint density at radius 2 is 1.84 bits per heavy atom. The summed E-state index contributed by atoms with van der Waals surface area (Å²) < 4.78 is 24.9. The number of alkyl halides is 2. The monoisotopic (exact) mass is 441 g/mol. The van der Waals surface area contributed by atoms with Crippen LogP contribution in [-0.4, -0.2) is 40.3 Å². The van der Waals surface area contributed by atoms with Gasteiger partial charge < -0.3 is 10.2 Å². The topological polar surface area (TPSA) is 89.3 Å². The Hall–Kier alpha value is -3.54. The van der Waals surface area contributed by atoms with Gasteiger partial charge in [0.1, 0.15) is 11.4 Å². The molecule has 0 bridgehead atoms. The molecule has 9 heteroatoms. The van der Waals surface area contributed by atoms with Crippen LogP contribution in [0.1, 0.15) is 38.8 Å². The zero-order chi connectivity index (χ0) is 23.7. The van der Waals surface area contributed by atoms with Gasteiger partial charge in [0.2, 0.25) is 0 Å². The van der Waals surface area contributed by atoms with Gasteiger partial charge in [-0.2, -0.15) is 5.26 Å². The van der Waals surface area contributed by atoms with E-state index in [4.69, 9.17) is 0 Å². The second-order valence-corrected chi connectivity index (χ2v) is 8.67. The normalized spacial score (nSPS) is 15.9. The summed E-state index contributed by atoms with van der Waals surface area (Å²) in [5.74, 6) is -0.106. The quantitative estimate of drug-likeness (QED) is 0.647. The average molecular weight is 441 g/mol. The van der Waals surface area contributed by atoms with Gasteiger partial charge in [0.25, 0.3) is 12.3 Å². The van der Waals surface area contributed by atoms with Crippen molar-refractivity contribution in [3.8, 4) is 6.07 Å². The highest BCUT2D eigenvalue weighted by atomic mass is 19.3. The van der Waals surface area contributed by atoms with Crippen LogP contribution in [0.4, 0.5) is 25.1 Å². The molecule has 0 unspecified atom stereocenters. The first-order valence-corrected chi connectivity index (χ1v) is 10.1. The fraction of sp³-hybridized carbons (Fsp3) is 0.391. The summed E-state index contributed by atoms with van der Waals surface area (Å²) in [4.78, 5) is 32.9. The van der Waals surface area contributed by atoms with Crippen LogP contribution >= 0.6 is 0 Å². The third-order valence-corrected chi connectivity index (χ3v) is 5.55. The number of halogens is 2. The van der Waals surface area contributed by atoms with Gasteiger partial charge >= 0.3 is 6.03 Å². The molecule has 3 amide bonds. The second-order valence-electron chi connectivity index (χ2n) is 8.67. The Balaban J connectivity index is 1.84. The number of amides is 3. The van der Waals surface area contributed by atoms with E-state index in [0.717, 1.165) is 10.5 Å². The Labute approximate surface area is 185 Å². The van der Waals surface area contributed by atoms with E-state index >= 15 is 0 Å². The molecule has 0 saturated carbocycles. The van der Waals surface area contributed by atoms with Gasteiger partial charge in [0, 0.05) is 12.7 Å². The molecule has 1 aliphatic heterocycles. The van der Waals surface area contributed by atoms with E-state index in [-0.39, 0.29) is 18.3 Å². The van der Waals surface area contributed by atoms with E-state index in [1.165, 1.54) is 11.1 Å². The summed E-state index contributed by atoms with van der Waals surface area (Å²) in [7, 11) is 0. The van der Waals surface area contributed by atoms with Crippen molar-refractivity contribution in [3.63, 3.8) is 0 Å². The Morgan fingerprint density at radius 3 is 2.44 bits per heavy atom. The zero-order valence-electron chi connectivity index (χ0n) is 18.4. The van der Waals surface area contributed by atoms with Crippen LogP contribution in [0.3, 0.4) is 0 Å². The molecule has 32 heavy (non-hydrogen) atoms. The van der Waals surface area contributed by atoms with Crippen molar-refractivity contribution in [2.24, 2.45) is 0 Å². The van der Waals surface area contributed by atoms with Crippen molar-refractivity contribution in [2.45, 2.75) is 51.6 Å². The van der Waals surface area contributed by atoms with Crippen LogP contribution in [-0.2, 0) is 16.8 Å². The maximum Gasteiger partial charge on any atom is 0.332 e. The highest BCUT2D eigenvalue weighted by molar-refractivity contribution is 6.22. The molecule has 7 nitrogen and oxygen atoms in total. The van der Waals surface area contributed by atoms with Gasteiger partial charge in [-0.25, -0.2) is 23.5 Å². The summed E-state index contributed by atoms with van der Waals surface area (Å²) >= 11 is 0. The number of benzene rings is 1. The van der Waals surface area contributed by atoms with Crippen molar-refractivity contribution in [1.82, 2.24) is 9.88 Å².